The minimum atomic E-state index is -1.09. The average molecular weight is 514 g/mol. The predicted molar refractivity (Wildman–Crippen MR) is 126 cm³/mol. The lowest BCUT2D eigenvalue weighted by Crippen LogP contribution is -2.37. The van der Waals surface area contributed by atoms with E-state index >= 15 is 0 Å². The lowest BCUT2D eigenvalue weighted by molar-refractivity contribution is -0.152. The van der Waals surface area contributed by atoms with Crippen LogP contribution in [-0.2, 0) is 34.9 Å². The lowest BCUT2D eigenvalue weighted by atomic mass is 10.1. The van der Waals surface area contributed by atoms with Crippen LogP contribution in [0.5, 0.6) is 11.5 Å². The van der Waals surface area contributed by atoms with Gasteiger partial charge in [-0.3, -0.25) is 4.79 Å². The van der Waals surface area contributed by atoms with Crippen LogP contribution in [0.25, 0.3) is 0 Å². The average Bonchev–Trinajstić information content (AvgIpc) is 2.83. The standard InChI is InChI=1S/C24H35NO11/c1-7-14(3)33-23(28)35-19-10-9-17(12-20(19)36-24(29)34-15(4)8-2)11-18(25)21(26)32-16(5)13-31-22(27)30-6/h9-10,12,14-16,18H,7-8,11,13,25H2,1-6H3/t14?,15?,16-,18-/m0/s1. The van der Waals surface area contributed by atoms with Crippen LogP contribution in [0.4, 0.5) is 14.4 Å². The maximum Gasteiger partial charge on any atom is 0.514 e. The van der Waals surface area contributed by atoms with Gasteiger partial charge in [-0.15, -0.1) is 0 Å². The molecule has 36 heavy (non-hydrogen) atoms. The molecule has 0 aliphatic rings. The van der Waals surface area contributed by atoms with E-state index < -0.39 is 42.7 Å². The van der Waals surface area contributed by atoms with E-state index in [1.165, 1.54) is 25.1 Å². The molecule has 0 heterocycles. The van der Waals surface area contributed by atoms with Crippen molar-refractivity contribution in [2.75, 3.05) is 13.7 Å². The van der Waals surface area contributed by atoms with Crippen molar-refractivity contribution in [3.05, 3.63) is 23.8 Å². The highest BCUT2D eigenvalue weighted by Gasteiger charge is 2.22. The second-order valence-corrected chi connectivity index (χ2v) is 7.98. The van der Waals surface area contributed by atoms with Gasteiger partial charge in [0.05, 0.1) is 7.11 Å². The first-order valence-electron chi connectivity index (χ1n) is 11.6. The van der Waals surface area contributed by atoms with Gasteiger partial charge >= 0.3 is 24.4 Å². The van der Waals surface area contributed by atoms with Crippen molar-refractivity contribution in [1.29, 1.82) is 0 Å². The quantitative estimate of drug-likeness (QED) is 0.244. The summed E-state index contributed by atoms with van der Waals surface area (Å²) in [4.78, 5) is 47.6. The van der Waals surface area contributed by atoms with E-state index in [1.54, 1.807) is 13.8 Å². The Morgan fingerprint density at radius 3 is 1.89 bits per heavy atom. The SMILES string of the molecule is CCC(C)OC(=O)Oc1ccc(C[C@H](N)C(=O)O[C@@H](C)COC(=O)OC)cc1OC(=O)OC(C)CC. The van der Waals surface area contributed by atoms with Gasteiger partial charge in [0.25, 0.3) is 0 Å². The first kappa shape index (κ1) is 30.5. The minimum absolute atomic E-state index is 0.00220. The van der Waals surface area contributed by atoms with Gasteiger partial charge in [-0.05, 0) is 57.7 Å². The maximum absolute atomic E-state index is 12.3. The molecule has 1 rings (SSSR count). The van der Waals surface area contributed by atoms with Crippen LogP contribution in [0.1, 0.15) is 53.0 Å². The van der Waals surface area contributed by atoms with Gasteiger partial charge in [0, 0.05) is 0 Å². The molecule has 0 fully saturated rings. The van der Waals surface area contributed by atoms with Crippen LogP contribution >= 0.6 is 0 Å². The molecule has 1 aromatic carbocycles. The van der Waals surface area contributed by atoms with E-state index in [1.807, 2.05) is 13.8 Å². The monoisotopic (exact) mass is 513 g/mol. The van der Waals surface area contributed by atoms with Gasteiger partial charge in [0.15, 0.2) is 11.5 Å². The number of carbonyl (C=O) groups is 4. The number of benzene rings is 1. The molecular weight excluding hydrogens is 478 g/mol. The van der Waals surface area contributed by atoms with Gasteiger partial charge in [0.2, 0.25) is 0 Å². The highest BCUT2D eigenvalue weighted by Crippen LogP contribution is 2.30. The summed E-state index contributed by atoms with van der Waals surface area (Å²) >= 11 is 0. The van der Waals surface area contributed by atoms with Crippen LogP contribution in [0.3, 0.4) is 0 Å². The Morgan fingerprint density at radius 2 is 1.36 bits per heavy atom. The summed E-state index contributed by atoms with van der Waals surface area (Å²) in [5.41, 5.74) is 6.44. The van der Waals surface area contributed by atoms with Gasteiger partial charge in [-0.1, -0.05) is 19.9 Å². The van der Waals surface area contributed by atoms with Crippen LogP contribution in [0.2, 0.25) is 0 Å². The molecule has 0 saturated heterocycles. The molecule has 12 heteroatoms. The Morgan fingerprint density at radius 1 is 0.806 bits per heavy atom. The second-order valence-electron chi connectivity index (χ2n) is 7.98. The molecular formula is C24H35NO11. The Kier molecular flexibility index (Phi) is 13.1. The van der Waals surface area contributed by atoms with Crippen molar-refractivity contribution < 1.29 is 52.3 Å². The number of hydrogen-bond donors (Lipinski definition) is 1. The molecule has 0 radical (unpaired) electrons. The summed E-state index contributed by atoms with van der Waals surface area (Å²) in [5, 5.41) is 0. The predicted octanol–water partition coefficient (Wildman–Crippen LogP) is 3.90. The third kappa shape index (κ3) is 11.3. The molecule has 4 atom stereocenters. The molecule has 2 unspecified atom stereocenters. The van der Waals surface area contributed by atoms with Crippen LogP contribution in [0, 0.1) is 0 Å². The summed E-state index contributed by atoms with van der Waals surface area (Å²) in [5.74, 6) is -0.952. The summed E-state index contributed by atoms with van der Waals surface area (Å²) < 4.78 is 34.9. The Balaban J connectivity index is 2.95. The van der Waals surface area contributed by atoms with Crippen molar-refractivity contribution in [2.24, 2.45) is 5.73 Å². The van der Waals surface area contributed by atoms with Crippen molar-refractivity contribution in [1.82, 2.24) is 0 Å². The van der Waals surface area contributed by atoms with E-state index in [0.717, 1.165) is 7.11 Å². The molecule has 0 spiro atoms. The van der Waals surface area contributed by atoms with Gasteiger partial charge < -0.3 is 38.9 Å². The van der Waals surface area contributed by atoms with E-state index in [9.17, 15) is 19.2 Å². The molecule has 0 amide bonds. The first-order chi connectivity index (χ1) is 17.0. The van der Waals surface area contributed by atoms with Crippen LogP contribution < -0.4 is 15.2 Å². The molecule has 1 aromatic rings. The minimum Gasteiger partial charge on any atom is -0.458 e. The van der Waals surface area contributed by atoms with Crippen LogP contribution in [0.15, 0.2) is 18.2 Å². The molecule has 0 saturated carbocycles. The number of hydrogen-bond acceptors (Lipinski definition) is 12. The fraction of sp³-hybridized carbons (Fsp3) is 0.583. The molecule has 0 aliphatic heterocycles. The zero-order chi connectivity index (χ0) is 27.3. The zero-order valence-electron chi connectivity index (χ0n) is 21.4. The Hall–Kier alpha value is -3.54. The van der Waals surface area contributed by atoms with E-state index in [-0.39, 0.29) is 30.6 Å². The second kappa shape index (κ2) is 15.5. The van der Waals surface area contributed by atoms with Gasteiger partial charge in [-0.25, -0.2) is 14.4 Å². The highest BCUT2D eigenvalue weighted by molar-refractivity contribution is 5.76. The number of rotatable bonds is 12. The molecule has 0 aromatic heterocycles. The Bertz CT molecular complexity index is 889. The molecule has 0 aliphatic carbocycles. The molecule has 202 valence electrons. The van der Waals surface area contributed by atoms with E-state index in [2.05, 4.69) is 4.74 Å². The summed E-state index contributed by atoms with van der Waals surface area (Å²) in [6.45, 7) is 8.39. The number of ether oxygens (including phenoxy) is 7. The van der Waals surface area contributed by atoms with E-state index in [0.29, 0.717) is 18.4 Å². The molecule has 12 nitrogen and oxygen atoms in total. The highest BCUT2D eigenvalue weighted by atomic mass is 16.8. The van der Waals surface area contributed by atoms with Crippen molar-refractivity contribution in [2.45, 2.75) is 78.2 Å². The van der Waals surface area contributed by atoms with Crippen LogP contribution in [-0.4, -0.2) is 62.5 Å². The van der Waals surface area contributed by atoms with Crippen molar-refractivity contribution >= 4 is 24.4 Å². The van der Waals surface area contributed by atoms with E-state index in [4.69, 9.17) is 34.2 Å². The fourth-order valence-electron chi connectivity index (χ4n) is 2.47. The third-order valence-corrected chi connectivity index (χ3v) is 4.82. The smallest absolute Gasteiger partial charge is 0.458 e. The van der Waals surface area contributed by atoms with Crippen molar-refractivity contribution in [3.63, 3.8) is 0 Å². The molecule has 0 bridgehead atoms. The fourth-order valence-corrected chi connectivity index (χ4v) is 2.47. The van der Waals surface area contributed by atoms with Gasteiger partial charge in [0.1, 0.15) is 31.0 Å². The Labute approximate surface area is 210 Å². The largest absolute Gasteiger partial charge is 0.514 e. The third-order valence-electron chi connectivity index (χ3n) is 4.82. The number of carbonyl (C=O) groups excluding carboxylic acids is 4. The summed E-state index contributed by atoms with van der Waals surface area (Å²) in [7, 11) is 1.15. The number of nitrogens with two attached hydrogens (primary N) is 1. The zero-order valence-corrected chi connectivity index (χ0v) is 21.4. The van der Waals surface area contributed by atoms with Gasteiger partial charge in [-0.2, -0.15) is 0 Å². The van der Waals surface area contributed by atoms with Crippen molar-refractivity contribution in [3.8, 4) is 11.5 Å². The normalized spacial score (nSPS) is 13.9. The first-order valence-corrected chi connectivity index (χ1v) is 11.6. The topological polar surface area (TPSA) is 159 Å². The summed E-state index contributed by atoms with van der Waals surface area (Å²) in [6.07, 6.45) is -3.25. The number of esters is 1. The summed E-state index contributed by atoms with van der Waals surface area (Å²) in [6, 6.07) is 3.22. The lowest BCUT2D eigenvalue weighted by Gasteiger charge is -2.18. The molecule has 2 N–H and O–H groups in total. The maximum atomic E-state index is 12.3. The number of methoxy groups -OCH3 is 1.